The van der Waals surface area contributed by atoms with Crippen LogP contribution in [0.5, 0.6) is 11.5 Å². The Hall–Kier alpha value is -3.68. The number of carboxylic acids is 1. The van der Waals surface area contributed by atoms with E-state index < -0.39 is 11.5 Å². The summed E-state index contributed by atoms with van der Waals surface area (Å²) in [6.07, 6.45) is 0.457. The molecule has 0 saturated carbocycles. The predicted octanol–water partition coefficient (Wildman–Crippen LogP) is 6.19. The molecule has 4 rings (SSSR count). The Morgan fingerprint density at radius 2 is 1.79 bits per heavy atom. The molecular formula is C26H24ClN3O4. The van der Waals surface area contributed by atoms with Gasteiger partial charge < -0.3 is 14.4 Å². The van der Waals surface area contributed by atoms with Crippen LogP contribution >= 0.6 is 11.6 Å². The van der Waals surface area contributed by atoms with Crippen LogP contribution in [-0.4, -0.2) is 26.8 Å². The van der Waals surface area contributed by atoms with E-state index in [1.807, 2.05) is 67.6 Å². The van der Waals surface area contributed by atoms with Crippen molar-refractivity contribution in [3.8, 4) is 34.3 Å². The molecular weight excluding hydrogens is 454 g/mol. The molecule has 4 aromatic rings. The Balaban J connectivity index is 1.46. The highest BCUT2D eigenvalue weighted by atomic mass is 35.5. The first kappa shape index (κ1) is 23.5. The number of hydrogen-bond donors (Lipinski definition) is 2. The number of hydrogen-bond acceptors (Lipinski definition) is 6. The summed E-state index contributed by atoms with van der Waals surface area (Å²) in [6.45, 7) is 3.85. The highest BCUT2D eigenvalue weighted by Gasteiger charge is 2.30. The van der Waals surface area contributed by atoms with E-state index in [1.165, 1.54) is 0 Å². The second-order valence-corrected chi connectivity index (χ2v) is 8.43. The zero-order chi connectivity index (χ0) is 24.1. The number of carboxylic acid groups (broad SMARTS) is 1. The van der Waals surface area contributed by atoms with Gasteiger partial charge in [0, 0.05) is 17.7 Å². The van der Waals surface area contributed by atoms with Gasteiger partial charge in [-0.25, -0.2) is 0 Å². The predicted molar refractivity (Wildman–Crippen MR) is 130 cm³/mol. The average molecular weight is 478 g/mol. The van der Waals surface area contributed by atoms with Gasteiger partial charge in [-0.2, -0.15) is 4.98 Å². The first-order valence-corrected chi connectivity index (χ1v) is 11.2. The number of aliphatic carboxylic acids is 1. The normalized spacial score (nSPS) is 12.8. The van der Waals surface area contributed by atoms with Gasteiger partial charge in [0.2, 0.25) is 5.82 Å². The number of carbonyl (C=O) groups is 1. The lowest BCUT2D eigenvalue weighted by molar-refractivity contribution is -0.144. The minimum Gasteiger partial charge on any atom is -0.480 e. The smallest absolute Gasteiger partial charge is 0.323 e. The van der Waals surface area contributed by atoms with E-state index in [4.69, 9.17) is 20.9 Å². The molecule has 0 amide bonds. The van der Waals surface area contributed by atoms with Gasteiger partial charge in [0.05, 0.1) is 5.02 Å². The van der Waals surface area contributed by atoms with Gasteiger partial charge in [-0.15, -0.1) is 0 Å². The molecule has 0 fully saturated rings. The summed E-state index contributed by atoms with van der Waals surface area (Å²) in [5.41, 5.74) is 1.23. The van der Waals surface area contributed by atoms with E-state index in [-0.39, 0.29) is 0 Å². The molecule has 34 heavy (non-hydrogen) atoms. The second-order valence-electron chi connectivity index (χ2n) is 8.02. The Kier molecular flexibility index (Phi) is 6.95. The van der Waals surface area contributed by atoms with Crippen molar-refractivity contribution in [2.45, 2.75) is 32.4 Å². The molecule has 1 heterocycles. The fourth-order valence-corrected chi connectivity index (χ4v) is 3.53. The van der Waals surface area contributed by atoms with E-state index >= 15 is 0 Å². The van der Waals surface area contributed by atoms with Crippen LogP contribution in [0.15, 0.2) is 77.3 Å². The number of para-hydroxylation sites is 1. The Labute approximate surface area is 202 Å². The van der Waals surface area contributed by atoms with Crippen molar-refractivity contribution in [1.29, 1.82) is 0 Å². The molecule has 1 atom stereocenters. The fourth-order valence-electron chi connectivity index (χ4n) is 3.24. The maximum Gasteiger partial charge on any atom is 0.323 e. The number of benzene rings is 3. The summed E-state index contributed by atoms with van der Waals surface area (Å²) in [6, 6.07) is 22.3. The number of nitrogens with one attached hydrogen (secondary N) is 1. The Morgan fingerprint density at radius 3 is 2.44 bits per heavy atom. The molecule has 3 aromatic carbocycles. The van der Waals surface area contributed by atoms with Crippen LogP contribution in [0.3, 0.4) is 0 Å². The number of aromatic nitrogens is 2. The molecule has 0 saturated heterocycles. The molecule has 7 nitrogen and oxygen atoms in total. The topological polar surface area (TPSA) is 97.5 Å². The lowest BCUT2D eigenvalue weighted by Crippen LogP contribution is -2.48. The highest BCUT2D eigenvalue weighted by Crippen LogP contribution is 2.30. The molecule has 1 unspecified atom stereocenters. The minimum absolute atomic E-state index is 0.364. The number of nitrogens with zero attached hydrogens (tertiary/aromatic N) is 2. The maximum atomic E-state index is 11.5. The van der Waals surface area contributed by atoms with E-state index in [9.17, 15) is 9.90 Å². The summed E-state index contributed by atoms with van der Waals surface area (Å²) < 4.78 is 11.3. The van der Waals surface area contributed by atoms with Crippen molar-refractivity contribution >= 4 is 17.6 Å². The zero-order valence-corrected chi connectivity index (χ0v) is 19.5. The van der Waals surface area contributed by atoms with Crippen molar-refractivity contribution in [3.05, 3.63) is 83.4 Å². The van der Waals surface area contributed by atoms with Crippen LogP contribution in [0, 0.1) is 0 Å². The summed E-state index contributed by atoms with van der Waals surface area (Å²) in [7, 11) is 0. The van der Waals surface area contributed by atoms with E-state index in [2.05, 4.69) is 15.5 Å². The van der Waals surface area contributed by atoms with Crippen LogP contribution in [0.2, 0.25) is 5.02 Å². The Morgan fingerprint density at radius 1 is 1.09 bits per heavy atom. The zero-order valence-electron chi connectivity index (χ0n) is 18.8. The van der Waals surface area contributed by atoms with E-state index in [0.717, 1.165) is 16.9 Å². The largest absolute Gasteiger partial charge is 0.480 e. The minimum atomic E-state index is -1.00. The molecule has 174 valence electrons. The summed E-state index contributed by atoms with van der Waals surface area (Å²) in [4.78, 5) is 16.0. The third-order valence-corrected chi connectivity index (χ3v) is 5.96. The number of ether oxygens (including phenoxy) is 1. The van der Waals surface area contributed by atoms with Crippen LogP contribution in [0.4, 0.5) is 0 Å². The Bertz CT molecular complexity index is 1270. The third kappa shape index (κ3) is 5.27. The van der Waals surface area contributed by atoms with Gasteiger partial charge in [-0.1, -0.05) is 47.9 Å². The van der Waals surface area contributed by atoms with E-state index in [0.29, 0.717) is 41.0 Å². The van der Waals surface area contributed by atoms with Crippen LogP contribution in [-0.2, 0) is 11.3 Å². The fraction of sp³-hybridized carbons (Fsp3) is 0.192. The molecule has 0 bridgehead atoms. The monoisotopic (exact) mass is 477 g/mol. The lowest BCUT2D eigenvalue weighted by Gasteiger charge is -2.24. The SMILES string of the molecule is CCC(C)(NCc1ccc(-c2noc(-c3ccc(Oc4ccccc4)cc3)n2)c(Cl)c1)C(=O)O. The number of rotatable bonds is 9. The number of halogens is 1. The van der Waals surface area contributed by atoms with Gasteiger partial charge in [0.15, 0.2) is 0 Å². The average Bonchev–Trinajstić information content (AvgIpc) is 3.33. The van der Waals surface area contributed by atoms with Crippen molar-refractivity contribution in [2.24, 2.45) is 0 Å². The van der Waals surface area contributed by atoms with Gasteiger partial charge in [-0.05, 0) is 67.4 Å². The highest BCUT2D eigenvalue weighted by molar-refractivity contribution is 6.33. The van der Waals surface area contributed by atoms with Crippen molar-refractivity contribution in [1.82, 2.24) is 15.5 Å². The molecule has 0 radical (unpaired) electrons. The first-order valence-electron chi connectivity index (χ1n) is 10.8. The third-order valence-electron chi connectivity index (χ3n) is 5.64. The van der Waals surface area contributed by atoms with Crippen molar-refractivity contribution < 1.29 is 19.2 Å². The van der Waals surface area contributed by atoms with E-state index in [1.54, 1.807) is 19.1 Å². The van der Waals surface area contributed by atoms with Crippen LogP contribution < -0.4 is 10.1 Å². The standard InChI is InChI=1S/C26H24ClN3O4/c1-3-26(2,25(31)32)28-16-17-9-14-21(22(27)15-17)23-29-24(34-30-23)18-10-12-20(13-11-18)33-19-7-5-4-6-8-19/h4-15,28H,3,16H2,1-2H3,(H,31,32). The van der Waals surface area contributed by atoms with Crippen LogP contribution in [0.25, 0.3) is 22.8 Å². The summed E-state index contributed by atoms with van der Waals surface area (Å²) in [5.74, 6) is 1.29. The molecule has 0 aliphatic rings. The second kappa shape index (κ2) is 10.1. The van der Waals surface area contributed by atoms with Gasteiger partial charge in [-0.3, -0.25) is 10.1 Å². The molecule has 1 aromatic heterocycles. The first-order chi connectivity index (χ1) is 16.4. The van der Waals surface area contributed by atoms with Crippen molar-refractivity contribution in [3.63, 3.8) is 0 Å². The van der Waals surface area contributed by atoms with Gasteiger partial charge in [0.1, 0.15) is 17.0 Å². The molecule has 2 N–H and O–H groups in total. The summed E-state index contributed by atoms with van der Waals surface area (Å²) in [5, 5.41) is 17.0. The van der Waals surface area contributed by atoms with Crippen LogP contribution in [0.1, 0.15) is 25.8 Å². The summed E-state index contributed by atoms with van der Waals surface area (Å²) >= 11 is 6.48. The quantitative estimate of drug-likeness (QED) is 0.296. The lowest BCUT2D eigenvalue weighted by atomic mass is 9.98. The molecule has 8 heteroatoms. The van der Waals surface area contributed by atoms with Crippen molar-refractivity contribution in [2.75, 3.05) is 0 Å². The van der Waals surface area contributed by atoms with Gasteiger partial charge in [0.25, 0.3) is 5.89 Å². The molecule has 0 spiro atoms. The molecule has 0 aliphatic carbocycles. The molecule has 0 aliphatic heterocycles. The van der Waals surface area contributed by atoms with Gasteiger partial charge >= 0.3 is 5.97 Å². The maximum absolute atomic E-state index is 11.5.